The summed E-state index contributed by atoms with van der Waals surface area (Å²) >= 11 is 0. The monoisotopic (exact) mass is 132 g/mol. The fraction of sp³-hybridized carbons (Fsp3) is 0.500. The summed E-state index contributed by atoms with van der Waals surface area (Å²) in [6, 6.07) is 0. The minimum atomic E-state index is -1.74. The van der Waals surface area contributed by atoms with Gasteiger partial charge in [-0.1, -0.05) is 0 Å². The van der Waals surface area contributed by atoms with E-state index in [0.29, 0.717) is 6.61 Å². The Hall–Kier alpha value is -0.515. The van der Waals surface area contributed by atoms with Gasteiger partial charge in [0.15, 0.2) is 0 Å². The van der Waals surface area contributed by atoms with Crippen LogP contribution in [0.4, 0.5) is 0 Å². The van der Waals surface area contributed by atoms with Gasteiger partial charge in [-0.05, 0) is 6.08 Å². The third-order valence-corrected chi connectivity index (χ3v) is 0.559. The fourth-order valence-electron chi connectivity index (χ4n) is 0.261. The molecule has 0 aliphatic carbocycles. The molecule has 0 saturated heterocycles. The predicted octanol–water partition coefficient (Wildman–Crippen LogP) is -0.867. The number of ether oxygens (including phenoxy) is 1. The summed E-state index contributed by atoms with van der Waals surface area (Å²) in [6.07, 6.45) is 2.67. The molecule has 0 aromatic rings. The Morgan fingerprint density at radius 2 is 2.22 bits per heavy atom. The van der Waals surface area contributed by atoms with Gasteiger partial charge >= 0.3 is 7.32 Å². The highest BCUT2D eigenvalue weighted by Gasteiger charge is 2.05. The van der Waals surface area contributed by atoms with Crippen molar-refractivity contribution < 1.29 is 19.4 Å². The molecule has 0 aromatic carbocycles. The van der Waals surface area contributed by atoms with Crippen molar-refractivity contribution in [2.24, 2.45) is 0 Å². The Kier molecular flexibility index (Phi) is 5.30. The fourth-order valence-corrected chi connectivity index (χ4v) is 0.261. The van der Waals surface area contributed by atoms with E-state index in [1.807, 2.05) is 0 Å². The standard InChI is InChI=1S/C4H9BO4/c1-8-3-2-4-9-5(6)7/h2,4,6-7H,3H2,1H3. The van der Waals surface area contributed by atoms with E-state index in [-0.39, 0.29) is 0 Å². The second kappa shape index (κ2) is 5.62. The third-order valence-electron chi connectivity index (χ3n) is 0.559. The molecule has 0 atom stereocenters. The van der Waals surface area contributed by atoms with Crippen molar-refractivity contribution in [2.75, 3.05) is 13.7 Å². The van der Waals surface area contributed by atoms with E-state index in [1.54, 1.807) is 0 Å². The lowest BCUT2D eigenvalue weighted by Crippen LogP contribution is -2.12. The first-order valence-electron chi connectivity index (χ1n) is 2.43. The third kappa shape index (κ3) is 7.48. The van der Waals surface area contributed by atoms with E-state index < -0.39 is 7.32 Å². The molecule has 0 radical (unpaired) electrons. The summed E-state index contributed by atoms with van der Waals surface area (Å²) in [7, 11) is -0.210. The summed E-state index contributed by atoms with van der Waals surface area (Å²) in [5.41, 5.74) is 0. The quantitative estimate of drug-likeness (QED) is 0.385. The van der Waals surface area contributed by atoms with Crippen LogP contribution < -0.4 is 0 Å². The molecule has 5 heteroatoms. The van der Waals surface area contributed by atoms with Crippen molar-refractivity contribution in [3.63, 3.8) is 0 Å². The van der Waals surface area contributed by atoms with Crippen molar-refractivity contribution >= 4 is 7.32 Å². The van der Waals surface area contributed by atoms with Gasteiger partial charge in [0, 0.05) is 7.11 Å². The molecule has 0 aliphatic rings. The Morgan fingerprint density at radius 3 is 2.67 bits per heavy atom. The Bertz CT molecular complexity index is 82.6. The van der Waals surface area contributed by atoms with Gasteiger partial charge in [-0.2, -0.15) is 0 Å². The lowest BCUT2D eigenvalue weighted by molar-refractivity contribution is 0.226. The van der Waals surface area contributed by atoms with Crippen LogP contribution in [0.2, 0.25) is 0 Å². The van der Waals surface area contributed by atoms with Crippen molar-refractivity contribution in [3.05, 3.63) is 12.3 Å². The Balaban J connectivity index is 3.04. The van der Waals surface area contributed by atoms with Crippen LogP contribution in [0.5, 0.6) is 0 Å². The molecule has 2 N–H and O–H groups in total. The van der Waals surface area contributed by atoms with Crippen LogP contribution in [0.3, 0.4) is 0 Å². The molecule has 0 spiro atoms. The molecule has 0 rings (SSSR count). The molecule has 0 unspecified atom stereocenters. The van der Waals surface area contributed by atoms with Gasteiger partial charge in [0.05, 0.1) is 12.9 Å². The number of methoxy groups -OCH3 is 1. The minimum absolute atomic E-state index is 0.396. The average molecular weight is 132 g/mol. The molecule has 0 aliphatic heterocycles. The summed E-state index contributed by atoms with van der Waals surface area (Å²) in [5, 5.41) is 16.2. The van der Waals surface area contributed by atoms with Crippen LogP contribution >= 0.6 is 0 Å². The van der Waals surface area contributed by atoms with Gasteiger partial charge in [0.25, 0.3) is 0 Å². The molecule has 0 bridgehead atoms. The first-order valence-corrected chi connectivity index (χ1v) is 2.43. The van der Waals surface area contributed by atoms with E-state index in [0.717, 1.165) is 6.26 Å². The van der Waals surface area contributed by atoms with E-state index >= 15 is 0 Å². The second-order valence-corrected chi connectivity index (χ2v) is 1.29. The SMILES string of the molecule is COCC=COB(O)O. The van der Waals surface area contributed by atoms with Gasteiger partial charge in [0.1, 0.15) is 0 Å². The first kappa shape index (κ1) is 8.48. The van der Waals surface area contributed by atoms with E-state index in [4.69, 9.17) is 10.0 Å². The highest BCUT2D eigenvalue weighted by Crippen LogP contribution is 1.78. The van der Waals surface area contributed by atoms with Crippen LogP contribution in [-0.4, -0.2) is 31.1 Å². The second-order valence-electron chi connectivity index (χ2n) is 1.29. The number of hydrogen-bond donors (Lipinski definition) is 2. The molecule has 0 heterocycles. The molecule has 52 valence electrons. The first-order chi connectivity index (χ1) is 4.27. The lowest BCUT2D eigenvalue weighted by Gasteiger charge is -1.94. The Labute approximate surface area is 53.9 Å². The van der Waals surface area contributed by atoms with Gasteiger partial charge in [-0.3, -0.25) is 0 Å². The van der Waals surface area contributed by atoms with Crippen LogP contribution in [0, 0.1) is 0 Å². The van der Waals surface area contributed by atoms with Gasteiger partial charge < -0.3 is 19.4 Å². The van der Waals surface area contributed by atoms with Crippen molar-refractivity contribution in [3.8, 4) is 0 Å². The zero-order chi connectivity index (χ0) is 7.11. The topological polar surface area (TPSA) is 58.9 Å². The summed E-state index contributed by atoms with van der Waals surface area (Å²) in [4.78, 5) is 0. The maximum atomic E-state index is 8.09. The summed E-state index contributed by atoms with van der Waals surface area (Å²) in [5.74, 6) is 0. The predicted molar refractivity (Wildman–Crippen MR) is 32.3 cm³/mol. The molecular weight excluding hydrogens is 123 g/mol. The van der Waals surface area contributed by atoms with Gasteiger partial charge in [-0.15, -0.1) is 0 Å². The summed E-state index contributed by atoms with van der Waals surface area (Å²) in [6.45, 7) is 0.396. The van der Waals surface area contributed by atoms with E-state index in [2.05, 4.69) is 9.39 Å². The van der Waals surface area contributed by atoms with Crippen molar-refractivity contribution in [1.82, 2.24) is 0 Å². The van der Waals surface area contributed by atoms with E-state index in [1.165, 1.54) is 13.2 Å². The zero-order valence-electron chi connectivity index (χ0n) is 5.15. The highest BCUT2D eigenvalue weighted by molar-refractivity contribution is 6.32. The molecule has 0 saturated carbocycles. The van der Waals surface area contributed by atoms with Crippen LogP contribution in [0.15, 0.2) is 12.3 Å². The molecule has 0 amide bonds. The smallest absolute Gasteiger partial charge is 0.519 e. The number of hydrogen-bond acceptors (Lipinski definition) is 4. The minimum Gasteiger partial charge on any atom is -0.519 e. The molecule has 0 fully saturated rings. The lowest BCUT2D eigenvalue weighted by atomic mass is 10.3. The number of rotatable bonds is 4. The van der Waals surface area contributed by atoms with Crippen LogP contribution in [0.1, 0.15) is 0 Å². The molecule has 4 nitrogen and oxygen atoms in total. The van der Waals surface area contributed by atoms with Gasteiger partial charge in [0.2, 0.25) is 0 Å². The van der Waals surface area contributed by atoms with Crippen molar-refractivity contribution in [2.45, 2.75) is 0 Å². The molecular formula is C4H9BO4. The Morgan fingerprint density at radius 1 is 1.56 bits per heavy atom. The molecule has 9 heavy (non-hydrogen) atoms. The van der Waals surface area contributed by atoms with E-state index in [9.17, 15) is 0 Å². The zero-order valence-corrected chi connectivity index (χ0v) is 5.15. The average Bonchev–Trinajstić information content (AvgIpc) is 1.80. The maximum absolute atomic E-state index is 8.09. The van der Waals surface area contributed by atoms with Gasteiger partial charge in [-0.25, -0.2) is 0 Å². The molecule has 0 aromatic heterocycles. The largest absolute Gasteiger partial charge is 0.707 e. The maximum Gasteiger partial charge on any atom is 0.707 e. The van der Waals surface area contributed by atoms with Crippen LogP contribution in [-0.2, 0) is 9.39 Å². The highest BCUT2D eigenvalue weighted by atomic mass is 16.6. The summed E-state index contributed by atoms with van der Waals surface area (Å²) < 4.78 is 8.79. The normalized spacial score (nSPS) is 10.1. The van der Waals surface area contributed by atoms with Crippen LogP contribution in [0.25, 0.3) is 0 Å². The van der Waals surface area contributed by atoms with Crippen molar-refractivity contribution in [1.29, 1.82) is 0 Å².